The van der Waals surface area contributed by atoms with Crippen molar-refractivity contribution in [3.8, 4) is 0 Å². The van der Waals surface area contributed by atoms with Crippen LogP contribution in [0.15, 0.2) is 24.7 Å². The van der Waals surface area contributed by atoms with Crippen molar-refractivity contribution < 1.29 is 8.78 Å². The van der Waals surface area contributed by atoms with Crippen LogP contribution in [0.3, 0.4) is 0 Å². The van der Waals surface area contributed by atoms with Crippen LogP contribution >= 0.6 is 12.4 Å². The van der Waals surface area contributed by atoms with Crippen molar-refractivity contribution in [2.75, 3.05) is 0 Å². The molecule has 0 atom stereocenters. The number of nitrogens with zero attached hydrogens (tertiary/aromatic N) is 4. The van der Waals surface area contributed by atoms with Gasteiger partial charge in [-0.15, -0.1) is 12.4 Å². The zero-order valence-electron chi connectivity index (χ0n) is 12.2. The molecule has 1 N–H and O–H groups in total. The van der Waals surface area contributed by atoms with Gasteiger partial charge in [-0.25, -0.2) is 4.68 Å². The molecule has 1 saturated carbocycles. The number of aromatic nitrogens is 4. The Labute approximate surface area is 134 Å². The van der Waals surface area contributed by atoms with Gasteiger partial charge in [-0.2, -0.15) is 19.0 Å². The molecule has 5 nitrogen and oxygen atoms in total. The Kier molecular flexibility index (Phi) is 5.90. The summed E-state index contributed by atoms with van der Waals surface area (Å²) in [6.45, 7) is -1.45. The fourth-order valence-corrected chi connectivity index (χ4v) is 2.75. The molecule has 0 radical (unpaired) electrons. The Morgan fingerprint density at radius 2 is 2.05 bits per heavy atom. The van der Waals surface area contributed by atoms with Crippen LogP contribution in [0.25, 0.3) is 0 Å². The van der Waals surface area contributed by atoms with Gasteiger partial charge >= 0.3 is 6.55 Å². The molecule has 2 aromatic heterocycles. The van der Waals surface area contributed by atoms with E-state index in [2.05, 4.69) is 26.4 Å². The van der Waals surface area contributed by atoms with E-state index in [1.807, 2.05) is 6.20 Å². The predicted molar refractivity (Wildman–Crippen MR) is 81.0 cm³/mol. The number of alkyl halides is 2. The normalized spacial score (nSPS) is 15.4. The first-order valence-corrected chi connectivity index (χ1v) is 7.28. The number of nitrogens with one attached hydrogen (secondary N) is 1. The van der Waals surface area contributed by atoms with Crippen molar-refractivity contribution in [2.24, 2.45) is 0 Å². The average Bonchev–Trinajstić information content (AvgIpc) is 3.20. The highest BCUT2D eigenvalue weighted by atomic mass is 35.5. The fourth-order valence-electron chi connectivity index (χ4n) is 2.75. The average molecular weight is 332 g/mol. The second-order valence-electron chi connectivity index (χ2n) is 5.44. The van der Waals surface area contributed by atoms with E-state index in [1.54, 1.807) is 6.07 Å². The molecule has 8 heteroatoms. The van der Waals surface area contributed by atoms with Crippen LogP contribution < -0.4 is 5.32 Å². The second-order valence-corrected chi connectivity index (χ2v) is 5.44. The van der Waals surface area contributed by atoms with E-state index in [4.69, 9.17) is 0 Å². The second kappa shape index (κ2) is 7.69. The molecule has 0 spiro atoms. The zero-order chi connectivity index (χ0) is 14.7. The van der Waals surface area contributed by atoms with Crippen LogP contribution in [-0.4, -0.2) is 19.6 Å². The summed E-state index contributed by atoms with van der Waals surface area (Å²) < 4.78 is 27.5. The van der Waals surface area contributed by atoms with Crippen LogP contribution in [0, 0.1) is 0 Å². The lowest BCUT2D eigenvalue weighted by Gasteiger charge is -2.08. The van der Waals surface area contributed by atoms with Gasteiger partial charge in [0.25, 0.3) is 0 Å². The molecule has 0 aromatic carbocycles. The van der Waals surface area contributed by atoms with Crippen LogP contribution in [-0.2, 0) is 13.1 Å². The maximum atomic E-state index is 12.4. The molecule has 3 rings (SSSR count). The Morgan fingerprint density at radius 3 is 2.73 bits per heavy atom. The van der Waals surface area contributed by atoms with Gasteiger partial charge in [0.2, 0.25) is 0 Å². The number of hydrogen-bond acceptors (Lipinski definition) is 3. The standard InChI is InChI=1S/C14H19F2N5.ClH/c15-14(16)20-6-5-12(19-20)9-17-7-11-8-18-21(10-11)13-3-1-2-4-13;/h5-6,8,10,13-14,17H,1-4,7,9H2;1H. The summed E-state index contributed by atoms with van der Waals surface area (Å²) in [5, 5.41) is 11.4. The summed E-state index contributed by atoms with van der Waals surface area (Å²) in [4.78, 5) is 0. The zero-order valence-corrected chi connectivity index (χ0v) is 13.0. The Bertz CT molecular complexity index is 577. The molecule has 0 aliphatic heterocycles. The number of hydrogen-bond donors (Lipinski definition) is 1. The van der Waals surface area contributed by atoms with Gasteiger partial charge in [0.05, 0.1) is 17.9 Å². The molecular weight excluding hydrogens is 312 g/mol. The summed E-state index contributed by atoms with van der Waals surface area (Å²) in [5.74, 6) is 0. The van der Waals surface area contributed by atoms with E-state index >= 15 is 0 Å². The van der Waals surface area contributed by atoms with E-state index < -0.39 is 6.55 Å². The Hall–Kier alpha value is -1.47. The predicted octanol–water partition coefficient (Wildman–Crippen LogP) is 3.30. The highest BCUT2D eigenvalue weighted by Gasteiger charge is 2.17. The van der Waals surface area contributed by atoms with Crippen molar-refractivity contribution in [3.05, 3.63) is 35.9 Å². The lowest BCUT2D eigenvalue weighted by molar-refractivity contribution is 0.0561. The molecule has 1 aliphatic carbocycles. The third kappa shape index (κ3) is 4.04. The first-order chi connectivity index (χ1) is 10.2. The van der Waals surface area contributed by atoms with E-state index in [9.17, 15) is 8.78 Å². The maximum absolute atomic E-state index is 12.4. The van der Waals surface area contributed by atoms with E-state index in [1.165, 1.54) is 31.9 Å². The molecule has 2 heterocycles. The maximum Gasteiger partial charge on any atom is 0.333 e. The Morgan fingerprint density at radius 1 is 1.27 bits per heavy atom. The highest BCUT2D eigenvalue weighted by molar-refractivity contribution is 5.85. The number of halogens is 3. The fraction of sp³-hybridized carbons (Fsp3) is 0.571. The summed E-state index contributed by atoms with van der Waals surface area (Å²) in [6, 6.07) is 2.14. The molecule has 1 fully saturated rings. The topological polar surface area (TPSA) is 47.7 Å². The summed E-state index contributed by atoms with van der Waals surface area (Å²) >= 11 is 0. The first-order valence-electron chi connectivity index (χ1n) is 7.28. The molecule has 122 valence electrons. The van der Waals surface area contributed by atoms with Crippen LogP contribution in [0.1, 0.15) is 49.5 Å². The van der Waals surface area contributed by atoms with Gasteiger partial charge in [0.1, 0.15) is 0 Å². The lowest BCUT2D eigenvalue weighted by atomic mass is 10.2. The van der Waals surface area contributed by atoms with Crippen LogP contribution in [0.2, 0.25) is 0 Å². The minimum atomic E-state index is -2.58. The van der Waals surface area contributed by atoms with Crippen molar-refractivity contribution in [3.63, 3.8) is 0 Å². The van der Waals surface area contributed by atoms with Gasteiger partial charge < -0.3 is 5.32 Å². The smallest absolute Gasteiger partial charge is 0.307 e. The molecule has 22 heavy (non-hydrogen) atoms. The minimum Gasteiger partial charge on any atom is -0.307 e. The first kappa shape index (κ1) is 16.9. The number of rotatable bonds is 6. The van der Waals surface area contributed by atoms with Crippen molar-refractivity contribution in [1.29, 1.82) is 0 Å². The Balaban J connectivity index is 0.00000176. The molecule has 1 aliphatic rings. The molecule has 0 saturated heterocycles. The van der Waals surface area contributed by atoms with Gasteiger partial charge in [-0.3, -0.25) is 4.68 Å². The summed E-state index contributed by atoms with van der Waals surface area (Å²) in [6.07, 6.45) is 10.2. The molecule has 0 amide bonds. The van der Waals surface area contributed by atoms with Gasteiger partial charge in [0.15, 0.2) is 0 Å². The van der Waals surface area contributed by atoms with Crippen molar-refractivity contribution in [1.82, 2.24) is 24.9 Å². The van der Waals surface area contributed by atoms with E-state index in [0.717, 1.165) is 5.56 Å². The largest absolute Gasteiger partial charge is 0.333 e. The third-order valence-corrected chi connectivity index (χ3v) is 3.85. The molecule has 0 unspecified atom stereocenters. The van der Waals surface area contributed by atoms with Crippen LogP contribution in [0.5, 0.6) is 0 Å². The highest BCUT2D eigenvalue weighted by Crippen LogP contribution is 2.28. The van der Waals surface area contributed by atoms with E-state index in [-0.39, 0.29) is 12.4 Å². The van der Waals surface area contributed by atoms with Crippen LogP contribution in [0.4, 0.5) is 8.78 Å². The molecular formula is C14H20ClF2N5. The third-order valence-electron chi connectivity index (χ3n) is 3.85. The van der Waals surface area contributed by atoms with Gasteiger partial charge in [-0.05, 0) is 18.9 Å². The molecule has 0 bridgehead atoms. The molecule has 2 aromatic rings. The van der Waals surface area contributed by atoms with Gasteiger partial charge in [-0.1, -0.05) is 12.8 Å². The summed E-state index contributed by atoms with van der Waals surface area (Å²) in [5.41, 5.74) is 1.72. The minimum absolute atomic E-state index is 0. The van der Waals surface area contributed by atoms with E-state index in [0.29, 0.717) is 29.5 Å². The lowest BCUT2D eigenvalue weighted by Crippen LogP contribution is -2.13. The van der Waals surface area contributed by atoms with Crippen molar-refractivity contribution >= 4 is 12.4 Å². The SMILES string of the molecule is Cl.FC(F)n1ccc(CNCc2cnn(C3CCCC3)c2)n1. The van der Waals surface area contributed by atoms with Gasteiger partial charge in [0, 0.05) is 31.0 Å². The summed E-state index contributed by atoms with van der Waals surface area (Å²) in [7, 11) is 0. The quantitative estimate of drug-likeness (QED) is 0.883. The monoisotopic (exact) mass is 331 g/mol. The van der Waals surface area contributed by atoms with Crippen molar-refractivity contribution in [2.45, 2.75) is 51.4 Å².